The second-order valence-corrected chi connectivity index (χ2v) is 7.59. The number of nitrogens with zero attached hydrogens (tertiary/aromatic N) is 4. The number of nitrogens with one attached hydrogen (secondary N) is 2. The van der Waals surface area contributed by atoms with Gasteiger partial charge in [-0.3, -0.25) is 4.90 Å². The molecule has 2 N–H and O–H groups in total. The van der Waals surface area contributed by atoms with E-state index in [9.17, 15) is 0 Å². The van der Waals surface area contributed by atoms with Crippen LogP contribution in [0.5, 0.6) is 0 Å². The van der Waals surface area contributed by atoms with Crippen LogP contribution in [0.4, 0.5) is 5.82 Å². The number of morpholine rings is 1. The molecule has 0 atom stereocenters. The number of aromatic nitrogens is 1. The molecule has 1 aromatic heterocycles. The SMILES string of the molecule is CCNC(=NCc1ccccc1CN1CCOCC1)NCc1cccc(N(C)C)n1. The van der Waals surface area contributed by atoms with E-state index in [1.807, 2.05) is 37.2 Å². The van der Waals surface area contributed by atoms with Crippen LogP contribution >= 0.6 is 0 Å². The Morgan fingerprint density at radius 1 is 1.07 bits per heavy atom. The summed E-state index contributed by atoms with van der Waals surface area (Å²) >= 11 is 0. The van der Waals surface area contributed by atoms with Gasteiger partial charge in [0, 0.05) is 40.3 Å². The summed E-state index contributed by atoms with van der Waals surface area (Å²) in [6.45, 7) is 8.71. The summed E-state index contributed by atoms with van der Waals surface area (Å²) in [5.74, 6) is 1.75. The lowest BCUT2D eigenvalue weighted by Crippen LogP contribution is -2.37. The van der Waals surface area contributed by atoms with Crippen molar-refractivity contribution in [3.63, 3.8) is 0 Å². The van der Waals surface area contributed by atoms with Crippen molar-refractivity contribution in [3.05, 3.63) is 59.3 Å². The summed E-state index contributed by atoms with van der Waals surface area (Å²) in [5.41, 5.74) is 3.58. The molecule has 0 bridgehead atoms. The van der Waals surface area contributed by atoms with Crippen LogP contribution in [0.15, 0.2) is 47.5 Å². The molecule has 0 aliphatic carbocycles. The molecule has 3 rings (SSSR count). The molecule has 1 aromatic carbocycles. The van der Waals surface area contributed by atoms with Crippen LogP contribution in [0, 0.1) is 0 Å². The van der Waals surface area contributed by atoms with Gasteiger partial charge >= 0.3 is 0 Å². The lowest BCUT2D eigenvalue weighted by atomic mass is 10.1. The maximum atomic E-state index is 5.47. The van der Waals surface area contributed by atoms with E-state index in [1.54, 1.807) is 0 Å². The number of anilines is 1. The van der Waals surface area contributed by atoms with Gasteiger partial charge in [-0.1, -0.05) is 30.3 Å². The minimum Gasteiger partial charge on any atom is -0.379 e. The molecule has 162 valence electrons. The van der Waals surface area contributed by atoms with Gasteiger partial charge in [0.1, 0.15) is 5.82 Å². The lowest BCUT2D eigenvalue weighted by Gasteiger charge is -2.27. The summed E-state index contributed by atoms with van der Waals surface area (Å²) in [4.78, 5) is 13.9. The minimum atomic E-state index is 0.628. The van der Waals surface area contributed by atoms with Gasteiger partial charge in [-0.05, 0) is 30.2 Å². The van der Waals surface area contributed by atoms with E-state index < -0.39 is 0 Å². The highest BCUT2D eigenvalue weighted by atomic mass is 16.5. The molecule has 0 spiro atoms. The highest BCUT2D eigenvalue weighted by Gasteiger charge is 2.12. The third kappa shape index (κ3) is 6.71. The first-order chi connectivity index (χ1) is 14.7. The molecule has 7 heteroatoms. The zero-order chi connectivity index (χ0) is 21.2. The normalized spacial score (nSPS) is 15.1. The average Bonchev–Trinajstić information content (AvgIpc) is 2.77. The molecule has 1 aliphatic heterocycles. The molecule has 0 radical (unpaired) electrons. The number of hydrogen-bond donors (Lipinski definition) is 2. The fourth-order valence-electron chi connectivity index (χ4n) is 3.36. The van der Waals surface area contributed by atoms with Crippen molar-refractivity contribution in [2.45, 2.75) is 26.6 Å². The van der Waals surface area contributed by atoms with E-state index in [4.69, 9.17) is 9.73 Å². The Hall–Kier alpha value is -2.64. The molecule has 7 nitrogen and oxygen atoms in total. The maximum Gasteiger partial charge on any atom is 0.191 e. The Balaban J connectivity index is 1.64. The molecule has 0 saturated carbocycles. The monoisotopic (exact) mass is 410 g/mol. The first-order valence-electron chi connectivity index (χ1n) is 10.7. The highest BCUT2D eigenvalue weighted by molar-refractivity contribution is 5.79. The van der Waals surface area contributed by atoms with Gasteiger partial charge in [-0.25, -0.2) is 9.98 Å². The Kier molecular flexibility index (Phi) is 8.47. The number of rotatable bonds is 8. The summed E-state index contributed by atoms with van der Waals surface area (Å²) in [6, 6.07) is 14.6. The summed E-state index contributed by atoms with van der Waals surface area (Å²) in [7, 11) is 4.00. The first-order valence-corrected chi connectivity index (χ1v) is 10.7. The van der Waals surface area contributed by atoms with Crippen LogP contribution < -0.4 is 15.5 Å². The van der Waals surface area contributed by atoms with Gasteiger partial charge in [0.05, 0.1) is 32.0 Å². The van der Waals surface area contributed by atoms with E-state index in [0.29, 0.717) is 13.1 Å². The fourth-order valence-corrected chi connectivity index (χ4v) is 3.36. The molecule has 1 saturated heterocycles. The van der Waals surface area contributed by atoms with Crippen molar-refractivity contribution in [2.75, 3.05) is 51.8 Å². The average molecular weight is 411 g/mol. The smallest absolute Gasteiger partial charge is 0.191 e. The predicted molar refractivity (Wildman–Crippen MR) is 123 cm³/mol. The zero-order valence-corrected chi connectivity index (χ0v) is 18.4. The van der Waals surface area contributed by atoms with Gasteiger partial charge < -0.3 is 20.3 Å². The van der Waals surface area contributed by atoms with Crippen molar-refractivity contribution in [1.29, 1.82) is 0 Å². The van der Waals surface area contributed by atoms with Crippen LogP contribution in [0.25, 0.3) is 0 Å². The molecule has 1 fully saturated rings. The fraction of sp³-hybridized carbons (Fsp3) is 0.478. The zero-order valence-electron chi connectivity index (χ0n) is 18.4. The van der Waals surface area contributed by atoms with E-state index in [1.165, 1.54) is 11.1 Å². The van der Waals surface area contributed by atoms with Crippen LogP contribution in [-0.4, -0.2) is 62.8 Å². The number of aliphatic imine (C=N–C) groups is 1. The summed E-state index contributed by atoms with van der Waals surface area (Å²) in [5, 5.41) is 6.74. The second-order valence-electron chi connectivity index (χ2n) is 7.59. The Morgan fingerprint density at radius 3 is 2.57 bits per heavy atom. The second kappa shape index (κ2) is 11.5. The van der Waals surface area contributed by atoms with Gasteiger partial charge in [0.25, 0.3) is 0 Å². The molecular formula is C23H34N6O. The van der Waals surface area contributed by atoms with Gasteiger partial charge in [-0.15, -0.1) is 0 Å². The number of benzene rings is 1. The molecule has 2 aromatic rings. The van der Waals surface area contributed by atoms with Crippen LogP contribution in [-0.2, 0) is 24.4 Å². The van der Waals surface area contributed by atoms with Crippen molar-refractivity contribution in [2.24, 2.45) is 4.99 Å². The molecule has 1 aliphatic rings. The van der Waals surface area contributed by atoms with Crippen molar-refractivity contribution in [1.82, 2.24) is 20.5 Å². The Labute approximate surface area is 180 Å². The van der Waals surface area contributed by atoms with Crippen molar-refractivity contribution in [3.8, 4) is 0 Å². The van der Waals surface area contributed by atoms with E-state index >= 15 is 0 Å². The maximum absolute atomic E-state index is 5.47. The topological polar surface area (TPSA) is 65.0 Å². The molecule has 2 heterocycles. The third-order valence-corrected chi connectivity index (χ3v) is 5.05. The summed E-state index contributed by atoms with van der Waals surface area (Å²) in [6.07, 6.45) is 0. The first kappa shape index (κ1) is 22.1. The van der Waals surface area contributed by atoms with Crippen molar-refractivity contribution < 1.29 is 4.74 Å². The molecule has 0 amide bonds. The number of pyridine rings is 1. The largest absolute Gasteiger partial charge is 0.379 e. The number of ether oxygens (including phenoxy) is 1. The van der Waals surface area contributed by atoms with Gasteiger partial charge in [0.2, 0.25) is 0 Å². The molecule has 30 heavy (non-hydrogen) atoms. The van der Waals surface area contributed by atoms with Gasteiger partial charge in [-0.2, -0.15) is 0 Å². The quantitative estimate of drug-likeness (QED) is 0.514. The van der Waals surface area contributed by atoms with E-state index in [2.05, 4.69) is 51.7 Å². The Bertz CT molecular complexity index is 817. The van der Waals surface area contributed by atoms with Gasteiger partial charge in [0.15, 0.2) is 5.96 Å². The van der Waals surface area contributed by atoms with Crippen LogP contribution in [0.2, 0.25) is 0 Å². The third-order valence-electron chi connectivity index (χ3n) is 5.05. The molecular weight excluding hydrogens is 376 g/mol. The summed E-state index contributed by atoms with van der Waals surface area (Å²) < 4.78 is 5.47. The van der Waals surface area contributed by atoms with E-state index in [-0.39, 0.29) is 0 Å². The highest BCUT2D eigenvalue weighted by Crippen LogP contribution is 2.14. The number of hydrogen-bond acceptors (Lipinski definition) is 5. The Morgan fingerprint density at radius 2 is 1.83 bits per heavy atom. The predicted octanol–water partition coefficient (Wildman–Crippen LogP) is 2.24. The van der Waals surface area contributed by atoms with Crippen LogP contribution in [0.1, 0.15) is 23.7 Å². The lowest BCUT2D eigenvalue weighted by molar-refractivity contribution is 0.0341. The minimum absolute atomic E-state index is 0.628. The van der Waals surface area contributed by atoms with E-state index in [0.717, 1.165) is 56.9 Å². The van der Waals surface area contributed by atoms with Crippen molar-refractivity contribution >= 4 is 11.8 Å². The number of guanidine groups is 1. The van der Waals surface area contributed by atoms with Crippen LogP contribution in [0.3, 0.4) is 0 Å². The standard InChI is InChI=1S/C23H34N6O/c1-4-24-23(26-17-21-10-7-11-22(27-21)28(2)3)25-16-19-8-5-6-9-20(19)18-29-12-14-30-15-13-29/h5-11H,4,12-18H2,1-3H3,(H2,24,25,26). The molecule has 0 unspecified atom stereocenters.